The van der Waals surface area contributed by atoms with Gasteiger partial charge in [0.15, 0.2) is 0 Å². The lowest BCUT2D eigenvalue weighted by Gasteiger charge is -2.44. The van der Waals surface area contributed by atoms with Crippen molar-refractivity contribution < 1.29 is 9.47 Å². The van der Waals surface area contributed by atoms with E-state index in [2.05, 4.69) is 408 Å². The van der Waals surface area contributed by atoms with Crippen LogP contribution in [0.5, 0.6) is 23.0 Å². The van der Waals surface area contributed by atoms with Gasteiger partial charge in [-0.1, -0.05) is 291 Å². The summed E-state index contributed by atoms with van der Waals surface area (Å²) in [6, 6.07) is 141. The molecule has 0 fully saturated rings. The highest BCUT2D eigenvalue weighted by molar-refractivity contribution is 7.02. The Bertz CT molecular complexity index is 5520. The van der Waals surface area contributed by atoms with Crippen molar-refractivity contribution in [3.63, 3.8) is 0 Å². The third-order valence-corrected chi connectivity index (χ3v) is 21.1. The van der Waals surface area contributed by atoms with Crippen LogP contribution in [-0.2, 0) is 0 Å². The molecule has 0 radical (unpaired) electrons. The average molecular weight is 1330 g/mol. The monoisotopic (exact) mass is 1330 g/mol. The number of hydrogen-bond acceptors (Lipinski definition) is 6. The lowest BCUT2D eigenvalue weighted by atomic mass is 9.30. The van der Waals surface area contributed by atoms with Gasteiger partial charge < -0.3 is 29.1 Å². The number of benzene rings is 16. The highest BCUT2D eigenvalue weighted by Crippen LogP contribution is 2.56. The topological polar surface area (TPSA) is 31.4 Å². The first-order chi connectivity index (χ1) is 51.7. The van der Waals surface area contributed by atoms with Gasteiger partial charge in [-0.3, -0.25) is 0 Å². The molecule has 104 heavy (non-hydrogen) atoms. The van der Waals surface area contributed by atoms with Gasteiger partial charge in [0.25, 0.3) is 13.4 Å². The molecule has 0 spiro atoms. The van der Waals surface area contributed by atoms with Crippen molar-refractivity contribution in [2.24, 2.45) is 0 Å². The highest BCUT2D eigenvalue weighted by atomic mass is 16.5. The van der Waals surface area contributed by atoms with E-state index in [1.165, 1.54) is 0 Å². The predicted octanol–water partition coefficient (Wildman–Crippen LogP) is 21.8. The maximum absolute atomic E-state index is 8.36. The minimum Gasteiger partial charge on any atom is -0.457 e. The summed E-state index contributed by atoms with van der Waals surface area (Å²) in [5.41, 5.74) is 29.5. The van der Waals surface area contributed by atoms with Crippen molar-refractivity contribution in [2.75, 3.05) is 19.6 Å². The zero-order chi connectivity index (χ0) is 68.6. The van der Waals surface area contributed by atoms with E-state index in [4.69, 9.17) is 9.47 Å². The van der Waals surface area contributed by atoms with Crippen molar-refractivity contribution >= 4 is 114 Å². The summed E-state index contributed by atoms with van der Waals surface area (Å²) in [5.74, 6) is 2.98. The van der Waals surface area contributed by atoms with Crippen LogP contribution in [0.4, 0.5) is 68.2 Å². The minimum absolute atomic E-state index is 0.356. The first kappa shape index (κ1) is 60.4. The molecule has 20 rings (SSSR count). The van der Waals surface area contributed by atoms with Gasteiger partial charge in [0.1, 0.15) is 23.0 Å². The molecule has 4 heterocycles. The van der Waals surface area contributed by atoms with E-state index in [1.54, 1.807) is 0 Å². The van der Waals surface area contributed by atoms with Crippen LogP contribution < -0.4 is 61.9 Å². The lowest BCUT2D eigenvalue weighted by molar-refractivity contribution is 0.469. The molecule has 0 bridgehead atoms. The Balaban J connectivity index is 0.927. The first-order valence-corrected chi connectivity index (χ1v) is 35.7. The van der Waals surface area contributed by atoms with Gasteiger partial charge in [-0.05, 0) is 151 Å². The molecule has 0 N–H and O–H groups in total. The van der Waals surface area contributed by atoms with Crippen molar-refractivity contribution in [1.29, 1.82) is 0 Å². The van der Waals surface area contributed by atoms with Gasteiger partial charge in [-0.2, -0.15) is 0 Å². The molecule has 0 aliphatic carbocycles. The second-order valence-corrected chi connectivity index (χ2v) is 26.9. The molecule has 0 unspecified atom stereocenters. The third kappa shape index (κ3) is 9.97. The van der Waals surface area contributed by atoms with E-state index in [0.717, 1.165) is 180 Å². The Labute approximate surface area is 606 Å². The van der Waals surface area contributed by atoms with Crippen molar-refractivity contribution in [2.45, 2.75) is 0 Å². The SMILES string of the molecule is c1ccc(-c2ccccc2N2c3ccccc3B3c4cc5c(c(-c6c(-c7ccccc7)cccc6-c6ccccc6)c4Oc4cc(N(c6ccccc6)c6ccccc6)cc2c43)Oc2cc(N(c3ccccc3)c3ccccc3)cc3c2B5c2ccccc2N3c2ccccc2-c2ccccc2)cc1. The maximum atomic E-state index is 8.36. The third-order valence-electron chi connectivity index (χ3n) is 21.1. The number of ether oxygens (including phenoxy) is 2. The fraction of sp³-hybridized carbons (Fsp3) is 0. The van der Waals surface area contributed by atoms with Crippen LogP contribution in [0.1, 0.15) is 0 Å². The number of fused-ring (bicyclic) bond motifs is 8. The summed E-state index contributed by atoms with van der Waals surface area (Å²) >= 11 is 0. The molecular weight excluding hydrogens is 1260 g/mol. The van der Waals surface area contributed by atoms with Crippen LogP contribution in [0.2, 0.25) is 0 Å². The van der Waals surface area contributed by atoms with E-state index in [0.29, 0.717) is 0 Å². The Morgan fingerprint density at radius 1 is 0.212 bits per heavy atom. The summed E-state index contributed by atoms with van der Waals surface area (Å²) < 4.78 is 16.7. The number of rotatable bonds is 13. The lowest BCUT2D eigenvalue weighted by Crippen LogP contribution is -2.63. The van der Waals surface area contributed by atoms with Gasteiger partial charge in [-0.25, -0.2) is 0 Å². The molecule has 0 atom stereocenters. The van der Waals surface area contributed by atoms with Crippen LogP contribution in [-0.4, -0.2) is 13.4 Å². The van der Waals surface area contributed by atoms with Gasteiger partial charge >= 0.3 is 0 Å². The standard InChI is InChI=1S/C96H64B2N4O2/c1-9-34-65(35-10-1)75-50-25-29-56-83(75)101-85-58-31-27-54-79(85)97-81-64-82-96(104-90-63-74(100(71-46-21-7-22-47-71)72-48-23-8-24-49-72)61-88-94(90)98(82)80-55-28-32-59-86(80)102(88)84-57-30-26-51-76(84)66-36-11-2-12-37-66)92(91-77(67-38-13-3-14-39-67)52-33-53-78(91)68-40-15-4-16-41-68)95(81)103-89-62-73(60-87(101)93(89)97)99(69-42-17-5-18-43-69)70-44-19-6-20-45-70/h1-64H. The molecule has 6 nitrogen and oxygen atoms in total. The smallest absolute Gasteiger partial charge is 0.256 e. The Kier molecular flexibility index (Phi) is 14.7. The molecule has 0 saturated carbocycles. The van der Waals surface area contributed by atoms with Crippen molar-refractivity contribution in [3.8, 4) is 78.6 Å². The van der Waals surface area contributed by atoms with E-state index >= 15 is 0 Å². The zero-order valence-corrected chi connectivity index (χ0v) is 56.7. The van der Waals surface area contributed by atoms with Crippen LogP contribution >= 0.6 is 0 Å². The van der Waals surface area contributed by atoms with Gasteiger partial charge in [0.05, 0.1) is 28.3 Å². The van der Waals surface area contributed by atoms with Crippen LogP contribution in [0, 0.1) is 0 Å². The minimum atomic E-state index is -0.356. The van der Waals surface area contributed by atoms with E-state index < -0.39 is 0 Å². The largest absolute Gasteiger partial charge is 0.457 e. The average Bonchev–Trinajstić information content (AvgIpc) is 0.683. The van der Waals surface area contributed by atoms with E-state index in [1.807, 2.05) is 0 Å². The summed E-state index contributed by atoms with van der Waals surface area (Å²) in [6.07, 6.45) is 0. The van der Waals surface area contributed by atoms with Crippen LogP contribution in [0.3, 0.4) is 0 Å². The molecule has 0 aromatic heterocycles. The van der Waals surface area contributed by atoms with E-state index in [-0.39, 0.29) is 13.4 Å². The Hall–Kier alpha value is -13.6. The maximum Gasteiger partial charge on any atom is 0.256 e. The number of hydrogen-bond donors (Lipinski definition) is 0. The Morgan fingerprint density at radius 3 is 0.856 bits per heavy atom. The van der Waals surface area contributed by atoms with Gasteiger partial charge in [0.2, 0.25) is 0 Å². The Morgan fingerprint density at radius 2 is 0.500 bits per heavy atom. The molecular formula is C96H64B2N4O2. The van der Waals surface area contributed by atoms with Gasteiger partial charge in [0, 0.05) is 74.3 Å². The summed E-state index contributed by atoms with van der Waals surface area (Å²) in [6.45, 7) is -0.712. The summed E-state index contributed by atoms with van der Waals surface area (Å²) in [7, 11) is 0. The molecule has 4 aliphatic rings. The zero-order valence-electron chi connectivity index (χ0n) is 56.7. The van der Waals surface area contributed by atoms with Gasteiger partial charge in [-0.15, -0.1) is 0 Å². The van der Waals surface area contributed by atoms with Crippen LogP contribution in [0.25, 0.3) is 55.6 Å². The fourth-order valence-corrected chi connectivity index (χ4v) is 16.8. The second-order valence-electron chi connectivity index (χ2n) is 26.9. The first-order valence-electron chi connectivity index (χ1n) is 35.7. The predicted molar refractivity (Wildman–Crippen MR) is 435 cm³/mol. The summed E-state index contributed by atoms with van der Waals surface area (Å²) in [4.78, 5) is 9.74. The quantitative estimate of drug-likeness (QED) is 0.107. The molecule has 486 valence electrons. The summed E-state index contributed by atoms with van der Waals surface area (Å²) in [5, 5.41) is 0. The van der Waals surface area contributed by atoms with Crippen LogP contribution in [0.15, 0.2) is 388 Å². The molecule has 16 aromatic rings. The molecule has 0 amide bonds. The number of nitrogens with zero attached hydrogens (tertiary/aromatic N) is 4. The highest BCUT2D eigenvalue weighted by Gasteiger charge is 2.50. The number of para-hydroxylation sites is 8. The number of anilines is 12. The fourth-order valence-electron chi connectivity index (χ4n) is 16.8. The molecule has 8 heteroatoms. The van der Waals surface area contributed by atoms with Crippen molar-refractivity contribution in [3.05, 3.63) is 388 Å². The second kappa shape index (κ2) is 25.3. The van der Waals surface area contributed by atoms with E-state index in [9.17, 15) is 0 Å². The normalized spacial score (nSPS) is 12.5. The molecule has 4 aliphatic heterocycles. The molecule has 0 saturated heterocycles. The molecule has 16 aromatic carbocycles. The van der Waals surface area contributed by atoms with Crippen molar-refractivity contribution in [1.82, 2.24) is 0 Å².